The number of anilines is 1. The summed E-state index contributed by atoms with van der Waals surface area (Å²) in [6.07, 6.45) is 2.68. The smallest absolute Gasteiger partial charge is 0.352 e. The van der Waals surface area contributed by atoms with Crippen LogP contribution in [-0.4, -0.2) is 29.0 Å². The van der Waals surface area contributed by atoms with E-state index in [1.807, 2.05) is 0 Å². The van der Waals surface area contributed by atoms with Crippen LogP contribution in [0.3, 0.4) is 0 Å². The van der Waals surface area contributed by atoms with Crippen molar-refractivity contribution in [1.29, 1.82) is 0 Å². The van der Waals surface area contributed by atoms with Crippen LogP contribution in [0, 0.1) is 0 Å². The molecule has 0 atom stereocenters. The molecule has 0 saturated heterocycles. The molecule has 2 aromatic rings. The molecule has 0 saturated carbocycles. The van der Waals surface area contributed by atoms with E-state index in [9.17, 15) is 13.2 Å². The third-order valence-corrected chi connectivity index (χ3v) is 4.27. The predicted octanol–water partition coefficient (Wildman–Crippen LogP) is 1.68. The number of carboxylic acid groups (broad SMARTS) is 1. The molecule has 0 aromatic carbocycles. The standard InChI is InChI=1S/C11H10BrN3O4S/c1-15-6-8(4-9(15)11(16)17)20(18,19)14-10-3-2-7(12)5-13-10/h2-6H,1H3,(H,13,14)(H,16,17). The Bertz CT molecular complexity index is 752. The normalized spacial score (nSPS) is 11.3. The zero-order chi connectivity index (χ0) is 14.9. The molecular weight excluding hydrogens is 350 g/mol. The molecule has 0 aliphatic carbocycles. The Morgan fingerprint density at radius 1 is 1.45 bits per heavy atom. The second-order valence-electron chi connectivity index (χ2n) is 3.94. The summed E-state index contributed by atoms with van der Waals surface area (Å²) in [5.41, 5.74) is -0.117. The summed E-state index contributed by atoms with van der Waals surface area (Å²) in [4.78, 5) is 14.7. The quantitative estimate of drug-likeness (QED) is 0.864. The summed E-state index contributed by atoms with van der Waals surface area (Å²) in [6, 6.07) is 4.21. The molecular formula is C11H10BrN3O4S. The number of rotatable bonds is 4. The first-order valence-electron chi connectivity index (χ1n) is 5.33. The lowest BCUT2D eigenvalue weighted by Gasteiger charge is -2.05. The summed E-state index contributed by atoms with van der Waals surface area (Å²) < 4.78 is 28.4. The maximum absolute atomic E-state index is 12.1. The van der Waals surface area contributed by atoms with Crippen molar-refractivity contribution in [3.05, 3.63) is 40.8 Å². The van der Waals surface area contributed by atoms with Crippen LogP contribution in [0.4, 0.5) is 5.82 Å². The minimum Gasteiger partial charge on any atom is -0.477 e. The fourth-order valence-corrected chi connectivity index (χ4v) is 2.84. The van der Waals surface area contributed by atoms with Crippen molar-refractivity contribution in [3.8, 4) is 0 Å². The molecule has 0 unspecified atom stereocenters. The topological polar surface area (TPSA) is 101 Å². The molecule has 106 valence electrons. The number of aryl methyl sites for hydroxylation is 1. The van der Waals surface area contributed by atoms with Crippen molar-refractivity contribution in [2.45, 2.75) is 4.90 Å². The summed E-state index contributed by atoms with van der Waals surface area (Å²) in [5.74, 6) is -1.05. The number of carbonyl (C=O) groups is 1. The first-order chi connectivity index (χ1) is 9.29. The first kappa shape index (κ1) is 14.5. The van der Waals surface area contributed by atoms with Crippen LogP contribution >= 0.6 is 15.9 Å². The second-order valence-corrected chi connectivity index (χ2v) is 6.54. The Morgan fingerprint density at radius 3 is 2.65 bits per heavy atom. The number of nitrogens with one attached hydrogen (secondary N) is 1. The van der Waals surface area contributed by atoms with E-state index >= 15 is 0 Å². The van der Waals surface area contributed by atoms with Gasteiger partial charge in [-0.3, -0.25) is 4.72 Å². The highest BCUT2D eigenvalue weighted by Crippen LogP contribution is 2.18. The maximum atomic E-state index is 12.1. The largest absolute Gasteiger partial charge is 0.477 e. The van der Waals surface area contributed by atoms with E-state index in [-0.39, 0.29) is 16.4 Å². The van der Waals surface area contributed by atoms with Crippen LogP contribution in [-0.2, 0) is 17.1 Å². The van der Waals surface area contributed by atoms with Crippen molar-refractivity contribution in [3.63, 3.8) is 0 Å². The summed E-state index contributed by atoms with van der Waals surface area (Å²) in [7, 11) is -2.41. The van der Waals surface area contributed by atoms with Gasteiger partial charge in [-0.1, -0.05) is 0 Å². The van der Waals surface area contributed by atoms with Gasteiger partial charge in [0.1, 0.15) is 16.4 Å². The minimum absolute atomic E-state index is 0.117. The Morgan fingerprint density at radius 2 is 2.15 bits per heavy atom. The van der Waals surface area contributed by atoms with E-state index in [0.29, 0.717) is 4.47 Å². The second kappa shape index (κ2) is 5.25. The van der Waals surface area contributed by atoms with Crippen LogP contribution in [0.15, 0.2) is 40.0 Å². The molecule has 20 heavy (non-hydrogen) atoms. The van der Waals surface area contributed by atoms with Gasteiger partial charge in [0.05, 0.1) is 0 Å². The van der Waals surface area contributed by atoms with Crippen molar-refractivity contribution < 1.29 is 18.3 Å². The first-order valence-corrected chi connectivity index (χ1v) is 7.61. The van der Waals surface area contributed by atoms with E-state index in [1.165, 1.54) is 30.1 Å². The zero-order valence-corrected chi connectivity index (χ0v) is 12.6. The van der Waals surface area contributed by atoms with Gasteiger partial charge in [0.15, 0.2) is 0 Å². The number of hydrogen-bond donors (Lipinski definition) is 2. The SMILES string of the molecule is Cn1cc(S(=O)(=O)Nc2ccc(Br)cn2)cc1C(=O)O. The number of sulfonamides is 1. The molecule has 7 nitrogen and oxygen atoms in total. The Kier molecular flexibility index (Phi) is 3.82. The predicted molar refractivity (Wildman–Crippen MR) is 75.1 cm³/mol. The lowest BCUT2D eigenvalue weighted by atomic mass is 10.4. The highest BCUT2D eigenvalue weighted by Gasteiger charge is 2.20. The molecule has 2 N–H and O–H groups in total. The highest BCUT2D eigenvalue weighted by atomic mass is 79.9. The molecule has 0 aliphatic heterocycles. The molecule has 0 bridgehead atoms. The lowest BCUT2D eigenvalue weighted by Crippen LogP contribution is -2.13. The number of pyridine rings is 1. The number of nitrogens with zero attached hydrogens (tertiary/aromatic N) is 2. The van der Waals surface area contributed by atoms with Gasteiger partial charge in [-0.15, -0.1) is 0 Å². The Hall–Kier alpha value is -1.87. The molecule has 0 radical (unpaired) electrons. The van der Waals surface area contributed by atoms with E-state index in [1.54, 1.807) is 6.07 Å². The molecule has 9 heteroatoms. The molecule has 2 aromatic heterocycles. The monoisotopic (exact) mass is 359 g/mol. The minimum atomic E-state index is -3.87. The third kappa shape index (κ3) is 2.99. The van der Waals surface area contributed by atoms with Crippen molar-refractivity contribution in [2.75, 3.05) is 4.72 Å². The Balaban J connectivity index is 2.33. The number of aromatic nitrogens is 2. The lowest BCUT2D eigenvalue weighted by molar-refractivity contribution is 0.0686. The van der Waals surface area contributed by atoms with E-state index in [2.05, 4.69) is 25.6 Å². The van der Waals surface area contributed by atoms with Crippen molar-refractivity contribution in [2.24, 2.45) is 7.05 Å². The van der Waals surface area contributed by atoms with Crippen molar-refractivity contribution in [1.82, 2.24) is 9.55 Å². The number of aromatic carboxylic acids is 1. The average Bonchev–Trinajstić information content (AvgIpc) is 2.75. The summed E-state index contributed by atoms with van der Waals surface area (Å²) in [5, 5.41) is 8.91. The average molecular weight is 360 g/mol. The van der Waals surface area contributed by atoms with Crippen molar-refractivity contribution >= 4 is 37.7 Å². The van der Waals surface area contributed by atoms with Crippen LogP contribution in [0.25, 0.3) is 0 Å². The molecule has 0 aliphatic rings. The van der Waals surface area contributed by atoms with Crippen LogP contribution in [0.5, 0.6) is 0 Å². The number of carboxylic acids is 1. The van der Waals surface area contributed by atoms with Gasteiger partial charge in [-0.05, 0) is 34.1 Å². The maximum Gasteiger partial charge on any atom is 0.352 e. The van der Waals surface area contributed by atoms with Gasteiger partial charge < -0.3 is 9.67 Å². The van der Waals surface area contributed by atoms with E-state index in [4.69, 9.17) is 5.11 Å². The fourth-order valence-electron chi connectivity index (χ4n) is 1.53. The van der Waals surface area contributed by atoms with Gasteiger partial charge in [-0.2, -0.15) is 0 Å². The van der Waals surface area contributed by atoms with E-state index in [0.717, 1.165) is 6.07 Å². The van der Waals surface area contributed by atoms with Crippen LogP contribution in [0.1, 0.15) is 10.5 Å². The van der Waals surface area contributed by atoms with Crippen LogP contribution < -0.4 is 4.72 Å². The van der Waals surface area contributed by atoms with Gasteiger partial charge in [-0.25, -0.2) is 18.2 Å². The molecule has 2 heterocycles. The van der Waals surface area contributed by atoms with Gasteiger partial charge >= 0.3 is 5.97 Å². The molecule has 0 fully saturated rings. The van der Waals surface area contributed by atoms with Gasteiger partial charge in [0, 0.05) is 23.9 Å². The number of hydrogen-bond acceptors (Lipinski definition) is 4. The van der Waals surface area contributed by atoms with E-state index < -0.39 is 16.0 Å². The van der Waals surface area contributed by atoms with Crippen LogP contribution in [0.2, 0.25) is 0 Å². The highest BCUT2D eigenvalue weighted by molar-refractivity contribution is 9.10. The molecule has 2 rings (SSSR count). The Labute approximate surface area is 123 Å². The fraction of sp³-hybridized carbons (Fsp3) is 0.0909. The summed E-state index contributed by atoms with van der Waals surface area (Å²) in [6.45, 7) is 0. The molecule has 0 amide bonds. The number of halogens is 1. The van der Waals surface area contributed by atoms with Gasteiger partial charge in [0.2, 0.25) is 0 Å². The molecule has 0 spiro atoms. The summed E-state index contributed by atoms with van der Waals surface area (Å²) >= 11 is 3.19. The zero-order valence-electron chi connectivity index (χ0n) is 10.2. The third-order valence-electron chi connectivity index (χ3n) is 2.48. The van der Waals surface area contributed by atoms with Gasteiger partial charge in [0.25, 0.3) is 10.0 Å².